The molecule has 388 valence electrons. The third kappa shape index (κ3) is 17.4. The summed E-state index contributed by atoms with van der Waals surface area (Å²) in [5, 5.41) is 0. The number of halogens is 10. The monoisotopic (exact) mass is 1030 g/mol. The first-order chi connectivity index (χ1) is 34.4. The van der Waals surface area contributed by atoms with Crippen molar-refractivity contribution in [1.82, 2.24) is 0 Å². The molecule has 5 rings (SSSR count). The maximum absolute atomic E-state index is 13.1. The first kappa shape index (κ1) is 55.9. The summed E-state index contributed by atoms with van der Waals surface area (Å²) in [7, 11) is 0. The number of hydrogen-bond acceptors (Lipinski definition) is 12. The quantitative estimate of drug-likeness (QED) is 0.0158. The van der Waals surface area contributed by atoms with Crippen LogP contribution in [0.3, 0.4) is 0 Å². The van der Waals surface area contributed by atoms with Crippen LogP contribution in [0.2, 0.25) is 0 Å². The van der Waals surface area contributed by atoms with Crippen LogP contribution in [0.1, 0.15) is 69.0 Å². The molecule has 0 aliphatic heterocycles. The molecule has 73 heavy (non-hydrogen) atoms. The van der Waals surface area contributed by atoms with Crippen LogP contribution in [0.15, 0.2) is 127 Å². The molecule has 5 aromatic rings. The molecule has 0 spiro atoms. The van der Waals surface area contributed by atoms with Gasteiger partial charge >= 0.3 is 48.1 Å². The van der Waals surface area contributed by atoms with Gasteiger partial charge in [0.15, 0.2) is 0 Å². The standard InChI is InChI=1S/C51H44F10N2O10/c52-48(53,50(56,57)58)25-1-27-68-38-18-9-34(10-19-38)46(66)72-40-14-3-32(4-15-40)7-23-44(64)70-30-36(42-22-13-37(62)29-43(42)63)31-71-45(65)24-8-33-5-16-41(17-6-33)73-47(67)35-11-20-39(21-12-35)69-28-2-26-49(54,55)51(59,60)61/h3-24,29,36H,1-2,25-28,30-31,62-63H2/b23-7+,24-8+. The molecule has 0 amide bonds. The zero-order valence-corrected chi connectivity index (χ0v) is 38.0. The molecule has 0 heterocycles. The van der Waals surface area contributed by atoms with E-state index in [1.807, 2.05) is 0 Å². The van der Waals surface area contributed by atoms with Crippen molar-refractivity contribution in [3.05, 3.63) is 155 Å². The molecular weight excluding hydrogens is 991 g/mol. The molecular formula is C51H44F10N2O10. The molecule has 0 aliphatic carbocycles. The van der Waals surface area contributed by atoms with Gasteiger partial charge in [-0.05, 0) is 127 Å². The topological polar surface area (TPSA) is 176 Å². The van der Waals surface area contributed by atoms with Crippen LogP contribution in [-0.4, -0.2) is 74.5 Å². The van der Waals surface area contributed by atoms with E-state index in [2.05, 4.69) is 0 Å². The van der Waals surface area contributed by atoms with Crippen LogP contribution in [-0.2, 0) is 19.1 Å². The summed E-state index contributed by atoms with van der Waals surface area (Å²) < 4.78 is 158. The molecule has 4 N–H and O–H groups in total. The van der Waals surface area contributed by atoms with E-state index < -0.39 is 92.9 Å². The van der Waals surface area contributed by atoms with Gasteiger partial charge in [0.25, 0.3) is 0 Å². The van der Waals surface area contributed by atoms with Gasteiger partial charge in [0, 0.05) is 36.4 Å². The Labute approximate surface area is 410 Å². The van der Waals surface area contributed by atoms with Crippen LogP contribution in [0.4, 0.5) is 55.3 Å². The highest BCUT2D eigenvalue weighted by molar-refractivity contribution is 5.92. The number of esters is 4. The predicted molar refractivity (Wildman–Crippen MR) is 245 cm³/mol. The van der Waals surface area contributed by atoms with Crippen molar-refractivity contribution in [3.63, 3.8) is 0 Å². The highest BCUT2D eigenvalue weighted by Gasteiger charge is 2.57. The summed E-state index contributed by atoms with van der Waals surface area (Å²) >= 11 is 0. The molecule has 0 bridgehead atoms. The Hall–Kier alpha value is -8.04. The van der Waals surface area contributed by atoms with Crippen LogP contribution >= 0.6 is 0 Å². The molecule has 0 fully saturated rings. The highest BCUT2D eigenvalue weighted by atomic mass is 19.4. The first-order valence-corrected chi connectivity index (χ1v) is 21.7. The summed E-state index contributed by atoms with van der Waals surface area (Å²) in [6.45, 7) is -1.36. The molecule has 0 aliphatic rings. The third-order valence-electron chi connectivity index (χ3n) is 10.2. The molecule has 0 aromatic heterocycles. The van der Waals surface area contributed by atoms with Gasteiger partial charge in [-0.15, -0.1) is 0 Å². The minimum atomic E-state index is -5.65. The summed E-state index contributed by atoms with van der Waals surface area (Å²) in [5.41, 5.74) is 14.4. The van der Waals surface area contributed by atoms with Crippen LogP contribution in [0, 0.1) is 0 Å². The smallest absolute Gasteiger partial charge is 0.453 e. The predicted octanol–water partition coefficient (Wildman–Crippen LogP) is 11.6. The number of rotatable bonds is 23. The zero-order chi connectivity index (χ0) is 53.4. The molecule has 0 atom stereocenters. The minimum Gasteiger partial charge on any atom is -0.494 e. The molecule has 0 radical (unpaired) electrons. The second-order valence-electron chi connectivity index (χ2n) is 15.8. The lowest BCUT2D eigenvalue weighted by Crippen LogP contribution is -2.36. The van der Waals surface area contributed by atoms with E-state index >= 15 is 0 Å². The number of nitrogen functional groups attached to an aromatic ring is 2. The van der Waals surface area contributed by atoms with E-state index in [0.717, 1.165) is 12.2 Å². The van der Waals surface area contributed by atoms with Crippen molar-refractivity contribution in [2.75, 3.05) is 37.9 Å². The fourth-order valence-electron chi connectivity index (χ4n) is 6.24. The number of ether oxygens (including phenoxy) is 6. The highest BCUT2D eigenvalue weighted by Crippen LogP contribution is 2.40. The Morgan fingerprint density at radius 2 is 0.863 bits per heavy atom. The van der Waals surface area contributed by atoms with E-state index in [-0.39, 0.29) is 53.0 Å². The van der Waals surface area contributed by atoms with E-state index in [1.54, 1.807) is 36.4 Å². The van der Waals surface area contributed by atoms with Crippen molar-refractivity contribution in [3.8, 4) is 23.0 Å². The van der Waals surface area contributed by atoms with Gasteiger partial charge in [0.1, 0.15) is 36.2 Å². The number of nitrogens with two attached hydrogens (primary N) is 2. The molecule has 0 unspecified atom stereocenters. The lowest BCUT2D eigenvalue weighted by atomic mass is 9.98. The van der Waals surface area contributed by atoms with E-state index in [0.29, 0.717) is 22.4 Å². The van der Waals surface area contributed by atoms with Gasteiger partial charge < -0.3 is 39.9 Å². The maximum atomic E-state index is 13.1. The van der Waals surface area contributed by atoms with E-state index in [1.165, 1.54) is 91.0 Å². The lowest BCUT2D eigenvalue weighted by molar-refractivity contribution is -0.284. The second-order valence-corrected chi connectivity index (χ2v) is 15.8. The molecule has 12 nitrogen and oxygen atoms in total. The maximum Gasteiger partial charge on any atom is 0.453 e. The number of carbonyl (C=O) groups is 4. The van der Waals surface area contributed by atoms with Crippen LogP contribution in [0.25, 0.3) is 12.2 Å². The Bertz CT molecular complexity index is 2550. The first-order valence-electron chi connectivity index (χ1n) is 21.7. The van der Waals surface area contributed by atoms with Gasteiger partial charge in [-0.3, -0.25) is 0 Å². The molecule has 22 heteroatoms. The van der Waals surface area contributed by atoms with Crippen LogP contribution in [0.5, 0.6) is 23.0 Å². The van der Waals surface area contributed by atoms with Gasteiger partial charge in [-0.1, -0.05) is 30.3 Å². The van der Waals surface area contributed by atoms with Crippen molar-refractivity contribution >= 4 is 47.4 Å². The lowest BCUT2D eigenvalue weighted by Gasteiger charge is -2.19. The Kier molecular flexibility index (Phi) is 19.0. The van der Waals surface area contributed by atoms with Crippen molar-refractivity contribution in [2.24, 2.45) is 0 Å². The fraction of sp³-hybridized carbons (Fsp3) is 0.255. The van der Waals surface area contributed by atoms with Crippen molar-refractivity contribution in [2.45, 2.75) is 55.8 Å². The SMILES string of the molecule is Nc1ccc(C(COC(=O)/C=C/c2ccc(OC(=O)c3ccc(OCCCC(F)(F)C(F)(F)F)cc3)cc2)COC(=O)/C=C/c2ccc(OC(=O)c3ccc(OCCCC(F)(F)C(F)(F)F)cc3)cc2)c(N)c1. The Morgan fingerprint density at radius 3 is 1.22 bits per heavy atom. The summed E-state index contributed by atoms with van der Waals surface area (Å²) in [6, 6.07) is 27.2. The average Bonchev–Trinajstić information content (AvgIpc) is 3.33. The number of anilines is 2. The Balaban J connectivity index is 1.06. The molecule has 0 saturated heterocycles. The second kappa shape index (κ2) is 24.9. The van der Waals surface area contributed by atoms with Gasteiger partial charge in [0.2, 0.25) is 0 Å². The van der Waals surface area contributed by atoms with E-state index in [9.17, 15) is 63.1 Å². The summed E-state index contributed by atoms with van der Waals surface area (Å²) in [5.74, 6) is -12.9. The largest absolute Gasteiger partial charge is 0.494 e. The third-order valence-corrected chi connectivity index (χ3v) is 10.2. The zero-order valence-electron chi connectivity index (χ0n) is 38.0. The summed E-state index contributed by atoms with van der Waals surface area (Å²) in [6.07, 6.45) is -10.2. The van der Waals surface area contributed by atoms with Crippen molar-refractivity contribution < 1.29 is 91.5 Å². The molecule has 0 saturated carbocycles. The molecule has 5 aromatic carbocycles. The Morgan fingerprint density at radius 1 is 0.493 bits per heavy atom. The fourth-order valence-corrected chi connectivity index (χ4v) is 6.24. The number of alkyl halides is 10. The van der Waals surface area contributed by atoms with Crippen LogP contribution < -0.4 is 30.4 Å². The van der Waals surface area contributed by atoms with Gasteiger partial charge in [0.05, 0.1) is 30.3 Å². The average molecular weight is 1030 g/mol. The minimum absolute atomic E-state index is 0.0891. The number of hydrogen-bond donors (Lipinski definition) is 2. The van der Waals surface area contributed by atoms with E-state index in [4.69, 9.17) is 39.9 Å². The number of benzene rings is 5. The normalized spacial score (nSPS) is 12.2. The van der Waals surface area contributed by atoms with Crippen molar-refractivity contribution in [1.29, 1.82) is 0 Å². The van der Waals surface area contributed by atoms with Gasteiger partial charge in [-0.25, -0.2) is 19.2 Å². The number of carbonyl (C=O) groups excluding carboxylic acids is 4. The summed E-state index contributed by atoms with van der Waals surface area (Å²) in [4.78, 5) is 50.9. The van der Waals surface area contributed by atoms with Gasteiger partial charge in [-0.2, -0.15) is 43.9 Å².